The van der Waals surface area contributed by atoms with Crippen molar-refractivity contribution >= 4 is 22.1 Å². The largest absolute Gasteiger partial charge is 0.569 e. The molecule has 0 aliphatic rings. The van der Waals surface area contributed by atoms with E-state index in [0.717, 1.165) is 33.5 Å². The average molecular weight is 671 g/mol. The Morgan fingerprint density at radius 2 is 1.74 bits per heavy atom. The summed E-state index contributed by atoms with van der Waals surface area (Å²) in [6.45, 7) is 7.48. The van der Waals surface area contributed by atoms with Crippen LogP contribution in [0.2, 0.25) is 0 Å². The molecule has 0 spiro atoms. The monoisotopic (exact) mass is 670 g/mol. The molecule has 0 fully saturated rings. The number of halogens is 3. The maximum Gasteiger partial charge on any atom is 0.435 e. The molecule has 0 saturated carbocycles. The van der Waals surface area contributed by atoms with Crippen LogP contribution in [0.1, 0.15) is 39.0 Å². The Morgan fingerprint density at radius 3 is 2.30 bits per heavy atom. The van der Waals surface area contributed by atoms with E-state index < -0.39 is 52.8 Å². The zero-order valence-corrected chi connectivity index (χ0v) is 26.3. The highest BCUT2D eigenvalue weighted by Gasteiger charge is 2.35. The van der Waals surface area contributed by atoms with Gasteiger partial charge in [0, 0.05) is 12.5 Å². The molecule has 0 aliphatic heterocycles. The summed E-state index contributed by atoms with van der Waals surface area (Å²) in [6.07, 6.45) is -7.20. The van der Waals surface area contributed by atoms with Crippen molar-refractivity contribution in [2.45, 2.75) is 52.0 Å². The third-order valence-electron chi connectivity index (χ3n) is 6.16. The molecule has 0 radical (unpaired) electrons. The number of carbonyl (C=O) groups is 2. The normalized spacial score (nSPS) is 12.8. The van der Waals surface area contributed by atoms with E-state index in [9.17, 15) is 36.4 Å². The van der Waals surface area contributed by atoms with Gasteiger partial charge in [-0.15, -0.1) is 5.01 Å². The van der Waals surface area contributed by atoms with Crippen LogP contribution in [0.4, 0.5) is 18.0 Å². The van der Waals surface area contributed by atoms with Crippen molar-refractivity contribution in [2.75, 3.05) is 19.7 Å². The first-order valence-corrected chi connectivity index (χ1v) is 15.3. The lowest BCUT2D eigenvalue weighted by molar-refractivity contribution is -0.712. The van der Waals surface area contributed by atoms with Crippen LogP contribution in [0, 0.1) is 18.0 Å². The quantitative estimate of drug-likeness (QED) is 0.0863. The number of rotatable bonds is 13. The molecule has 2 aromatic carbocycles. The Hall–Kier alpha value is -4.87. The highest BCUT2D eigenvalue weighted by atomic mass is 32.2. The topological polar surface area (TPSA) is 167 Å². The van der Waals surface area contributed by atoms with E-state index in [4.69, 9.17) is 14.3 Å². The Balaban J connectivity index is 1.63. The molecule has 1 N–H and O–H groups in total. The lowest BCUT2D eigenvalue weighted by Crippen LogP contribution is -2.37. The van der Waals surface area contributed by atoms with Crippen LogP contribution in [0.5, 0.6) is 0 Å². The lowest BCUT2D eigenvalue weighted by atomic mass is 10.1. The van der Waals surface area contributed by atoms with Gasteiger partial charge in [-0.2, -0.15) is 18.3 Å². The number of hydrogen-bond acceptors (Lipinski definition) is 10. The van der Waals surface area contributed by atoms with Gasteiger partial charge in [-0.1, -0.05) is 43.7 Å². The number of aromatic nitrogens is 2. The van der Waals surface area contributed by atoms with Crippen molar-refractivity contribution in [1.82, 2.24) is 19.5 Å². The molecule has 46 heavy (non-hydrogen) atoms. The van der Waals surface area contributed by atoms with Crippen molar-refractivity contribution in [3.63, 3.8) is 0 Å². The summed E-state index contributed by atoms with van der Waals surface area (Å²) in [5.74, 6) is -0.967. The van der Waals surface area contributed by atoms with Gasteiger partial charge in [-0.3, -0.25) is 9.63 Å². The zero-order valence-electron chi connectivity index (χ0n) is 25.5. The number of benzene rings is 2. The highest BCUT2D eigenvalue weighted by Crippen LogP contribution is 2.33. The smallest absolute Gasteiger partial charge is 0.435 e. The van der Waals surface area contributed by atoms with E-state index in [1.165, 1.54) is 19.1 Å². The van der Waals surface area contributed by atoms with Crippen molar-refractivity contribution in [1.29, 1.82) is 0 Å². The van der Waals surface area contributed by atoms with Crippen LogP contribution in [0.25, 0.3) is 16.9 Å². The van der Waals surface area contributed by atoms with Crippen molar-refractivity contribution in [3.8, 4) is 16.9 Å². The van der Waals surface area contributed by atoms with Gasteiger partial charge in [-0.05, 0) is 44.2 Å². The molecule has 3 aromatic rings. The second kappa shape index (κ2) is 14.9. The lowest BCUT2D eigenvalue weighted by Gasteiger charge is -2.17. The Bertz CT molecular complexity index is 1640. The maximum absolute atomic E-state index is 13.5. The van der Waals surface area contributed by atoms with Crippen LogP contribution < -0.4 is 4.72 Å². The van der Waals surface area contributed by atoms with Gasteiger partial charge in [0.1, 0.15) is 13.2 Å². The Kier molecular flexibility index (Phi) is 11.6. The number of alkyl halides is 3. The number of aryl methyl sites for hydroxylation is 1. The fourth-order valence-electron chi connectivity index (χ4n) is 3.70. The minimum absolute atomic E-state index is 0.0563. The van der Waals surface area contributed by atoms with Crippen molar-refractivity contribution < 1.29 is 50.5 Å². The molecule has 1 unspecified atom stereocenters. The van der Waals surface area contributed by atoms with Crippen LogP contribution in [-0.4, -0.2) is 66.2 Å². The van der Waals surface area contributed by atoms with Crippen LogP contribution in [0.3, 0.4) is 0 Å². The van der Waals surface area contributed by atoms with Gasteiger partial charge >= 0.3 is 18.2 Å². The fraction of sp³-hybridized carbons (Fsp3) is 0.393. The number of sulfonamides is 1. The summed E-state index contributed by atoms with van der Waals surface area (Å²) >= 11 is 0. The van der Waals surface area contributed by atoms with Gasteiger partial charge in [0.15, 0.2) is 5.69 Å². The molecule has 1 atom stereocenters. The minimum atomic E-state index is -4.72. The number of esters is 1. The number of hydrogen-bond donors (Lipinski definition) is 1. The molecule has 1 amide bonds. The Morgan fingerprint density at radius 1 is 1.11 bits per heavy atom. The van der Waals surface area contributed by atoms with Crippen LogP contribution in [0.15, 0.2) is 64.8 Å². The standard InChI is InChI=1S/C28H33F3N6O8S/c1-6-35(37(40)34-45-20(5)44-26(38)18(2)3)15-16-43-27(39)33-46(41,42)23-13-11-22(12-14-23)36-24(17-25(32-36)28(29,30)31)21-9-7-19(4)8-10-21/h7-14,17-18,20H,6,15-16H2,1-5H3,(H,33,39). The molecular weight excluding hydrogens is 637 g/mol. The van der Waals surface area contributed by atoms with Crippen molar-refractivity contribution in [3.05, 3.63) is 71.1 Å². The number of nitrogens with one attached hydrogen (secondary N) is 1. The van der Waals surface area contributed by atoms with E-state index in [0.29, 0.717) is 5.56 Å². The minimum Gasteiger partial charge on any atom is -0.569 e. The molecule has 0 bridgehead atoms. The second-order valence-corrected chi connectivity index (χ2v) is 11.8. The number of amides is 1. The number of hydrazine groups is 1. The number of nitrogens with zero attached hydrogens (tertiary/aromatic N) is 5. The van der Waals surface area contributed by atoms with E-state index in [2.05, 4.69) is 10.4 Å². The van der Waals surface area contributed by atoms with E-state index in [-0.39, 0.29) is 34.3 Å². The summed E-state index contributed by atoms with van der Waals surface area (Å²) in [5, 5.41) is 20.2. The van der Waals surface area contributed by atoms with Gasteiger partial charge < -0.3 is 14.7 Å². The molecule has 3 rings (SSSR count). The molecule has 1 aromatic heterocycles. The summed E-state index contributed by atoms with van der Waals surface area (Å²) in [7, 11) is -4.45. The summed E-state index contributed by atoms with van der Waals surface area (Å²) in [5.41, 5.74) is 0.495. The molecule has 14 nitrogen and oxygen atoms in total. The maximum atomic E-state index is 13.5. The van der Waals surface area contributed by atoms with Gasteiger partial charge in [0.25, 0.3) is 16.3 Å². The zero-order chi connectivity index (χ0) is 34.2. The Labute approximate surface area is 262 Å². The molecule has 250 valence electrons. The molecule has 18 heteroatoms. The van der Waals surface area contributed by atoms with E-state index in [1.54, 1.807) is 49.8 Å². The summed E-state index contributed by atoms with van der Waals surface area (Å²) in [6, 6.07) is 12.3. The first kappa shape index (κ1) is 35.6. The highest BCUT2D eigenvalue weighted by molar-refractivity contribution is 7.90. The van der Waals surface area contributed by atoms with Gasteiger partial charge in [0.05, 0.1) is 33.7 Å². The number of ether oxygens (including phenoxy) is 2. The first-order chi connectivity index (χ1) is 21.5. The molecule has 0 aliphatic carbocycles. The molecule has 0 saturated heterocycles. The van der Waals surface area contributed by atoms with E-state index >= 15 is 0 Å². The van der Waals surface area contributed by atoms with Crippen molar-refractivity contribution in [2.24, 2.45) is 11.2 Å². The summed E-state index contributed by atoms with van der Waals surface area (Å²) < 4.78 is 78.5. The first-order valence-electron chi connectivity index (χ1n) is 13.9. The van der Waals surface area contributed by atoms with Crippen LogP contribution in [-0.2, 0) is 35.3 Å². The predicted octanol–water partition coefficient (Wildman–Crippen LogP) is 4.96. The SMILES string of the molecule is CCN(CCOC(=O)NS(=O)(=O)c1ccc(-n2nc(C(F)(F)F)cc2-c2ccc(C)cc2)cc1)[N+]([O-])=NOC(C)OC(=O)C(C)C. The van der Waals surface area contributed by atoms with Crippen LogP contribution >= 0.6 is 0 Å². The van der Waals surface area contributed by atoms with E-state index in [1.807, 2.05) is 6.92 Å². The number of carbonyl (C=O) groups excluding carboxylic acids is 2. The molecule has 1 heterocycles. The third-order valence-corrected chi connectivity index (χ3v) is 7.49. The van der Waals surface area contributed by atoms with Gasteiger partial charge in [-0.25, -0.2) is 22.6 Å². The molecular formula is C28H33F3N6O8S. The number of likely N-dealkylation sites (N-methyl/N-ethyl adjacent to an activating group) is 1. The average Bonchev–Trinajstić information content (AvgIpc) is 3.45. The third kappa shape index (κ3) is 9.56. The van der Waals surface area contributed by atoms with Gasteiger partial charge in [0.2, 0.25) is 5.28 Å². The second-order valence-electron chi connectivity index (χ2n) is 10.1. The predicted molar refractivity (Wildman–Crippen MR) is 155 cm³/mol. The summed E-state index contributed by atoms with van der Waals surface area (Å²) in [4.78, 5) is 28.3. The fourth-order valence-corrected chi connectivity index (χ4v) is 4.59.